The number of halogens is 1. The van der Waals surface area contributed by atoms with E-state index >= 15 is 4.39 Å². The Kier molecular flexibility index (Phi) is 6.98. The van der Waals surface area contributed by atoms with Gasteiger partial charge in [-0.1, -0.05) is 0 Å². The quantitative estimate of drug-likeness (QED) is 0.345. The topological polar surface area (TPSA) is 119 Å². The van der Waals surface area contributed by atoms with Gasteiger partial charge in [0.2, 0.25) is 5.43 Å². The van der Waals surface area contributed by atoms with E-state index in [0.29, 0.717) is 49.0 Å². The summed E-state index contributed by atoms with van der Waals surface area (Å²) in [5, 5.41) is 12.7. The van der Waals surface area contributed by atoms with Gasteiger partial charge in [-0.15, -0.1) is 0 Å². The number of benzene rings is 1. The molecule has 1 amide bonds. The van der Waals surface area contributed by atoms with Crippen LogP contribution in [0.5, 0.6) is 0 Å². The second kappa shape index (κ2) is 9.94. The van der Waals surface area contributed by atoms with Crippen molar-refractivity contribution in [2.45, 2.75) is 25.8 Å². The number of fused-ring (bicyclic) bond motifs is 1. The molecular weight excluding hydrogens is 463 g/mol. The molecule has 1 aliphatic carbocycles. The number of nitrogens with one attached hydrogen (secondary N) is 3. The summed E-state index contributed by atoms with van der Waals surface area (Å²) in [4.78, 5) is 40.1. The SMILES string of the molecule is CCNC(=S)NNC(=O)CN1CCN(c2cc3c(cc2F)c(=O)c(C(=O)O)cn3C2CC2)CC1. The van der Waals surface area contributed by atoms with Crippen molar-refractivity contribution < 1.29 is 19.1 Å². The first-order chi connectivity index (χ1) is 16.3. The van der Waals surface area contributed by atoms with Gasteiger partial charge >= 0.3 is 5.97 Å². The summed E-state index contributed by atoms with van der Waals surface area (Å²) in [6.45, 7) is 4.82. The zero-order chi connectivity index (χ0) is 24.4. The standard InChI is InChI=1S/C22H27FN6O4S/c1-2-24-22(34)26-25-19(30)12-27-5-7-28(8-6-27)18-10-17-14(9-16(18)23)20(31)15(21(32)33)11-29(17)13-3-4-13/h9-11,13H,2-8,12H2,1H3,(H,25,30)(H,32,33)(H2,24,26,34). The highest BCUT2D eigenvalue weighted by Crippen LogP contribution is 2.38. The van der Waals surface area contributed by atoms with Gasteiger partial charge in [0.25, 0.3) is 5.91 Å². The van der Waals surface area contributed by atoms with Gasteiger partial charge in [-0.25, -0.2) is 9.18 Å². The molecule has 12 heteroatoms. The number of anilines is 1. The summed E-state index contributed by atoms with van der Waals surface area (Å²) in [6, 6.07) is 2.91. The molecule has 0 spiro atoms. The number of thiocarbonyl (C=S) groups is 1. The van der Waals surface area contributed by atoms with Crippen LogP contribution >= 0.6 is 12.2 Å². The van der Waals surface area contributed by atoms with E-state index in [1.165, 1.54) is 6.20 Å². The third-order valence-corrected chi connectivity index (χ3v) is 6.25. The fourth-order valence-electron chi connectivity index (χ4n) is 4.13. The lowest BCUT2D eigenvalue weighted by molar-refractivity contribution is -0.122. The van der Waals surface area contributed by atoms with Crippen LogP contribution in [0.2, 0.25) is 0 Å². The molecule has 2 aromatic rings. The minimum Gasteiger partial charge on any atom is -0.477 e. The summed E-state index contributed by atoms with van der Waals surface area (Å²) in [5.74, 6) is -2.11. The van der Waals surface area contributed by atoms with Crippen LogP contribution in [-0.2, 0) is 4.79 Å². The summed E-state index contributed by atoms with van der Waals surface area (Å²) in [6.07, 6.45) is 3.15. The Hall–Kier alpha value is -3.25. The van der Waals surface area contributed by atoms with Crippen LogP contribution in [0.15, 0.2) is 23.1 Å². The number of carboxylic acids is 1. The van der Waals surface area contributed by atoms with Gasteiger partial charge in [0.1, 0.15) is 11.4 Å². The number of amides is 1. The Morgan fingerprint density at radius 1 is 1.18 bits per heavy atom. The number of carbonyl (C=O) groups is 2. The van der Waals surface area contributed by atoms with E-state index in [0.717, 1.165) is 18.9 Å². The van der Waals surface area contributed by atoms with Crippen molar-refractivity contribution in [1.82, 2.24) is 25.6 Å². The van der Waals surface area contributed by atoms with Gasteiger partial charge in [0, 0.05) is 50.3 Å². The minimum absolute atomic E-state index is 0.0753. The normalized spacial score (nSPS) is 16.4. The Balaban J connectivity index is 1.47. The maximum absolute atomic E-state index is 15.1. The molecule has 4 rings (SSSR count). The molecule has 1 saturated carbocycles. The lowest BCUT2D eigenvalue weighted by atomic mass is 10.1. The molecule has 1 aromatic carbocycles. The summed E-state index contributed by atoms with van der Waals surface area (Å²) in [7, 11) is 0. The number of aromatic nitrogens is 1. The van der Waals surface area contributed by atoms with Crippen molar-refractivity contribution in [2.75, 3.05) is 44.2 Å². The monoisotopic (exact) mass is 490 g/mol. The molecule has 182 valence electrons. The molecule has 2 aliphatic rings. The molecule has 1 aromatic heterocycles. The first-order valence-electron chi connectivity index (χ1n) is 11.2. The molecule has 2 fully saturated rings. The van der Waals surface area contributed by atoms with Crippen LogP contribution in [0, 0.1) is 5.82 Å². The smallest absolute Gasteiger partial charge is 0.341 e. The van der Waals surface area contributed by atoms with Crippen molar-refractivity contribution in [3.05, 3.63) is 39.9 Å². The molecule has 34 heavy (non-hydrogen) atoms. The predicted octanol–water partition coefficient (Wildman–Crippen LogP) is 0.811. The van der Waals surface area contributed by atoms with Crippen LogP contribution in [0.4, 0.5) is 10.1 Å². The largest absolute Gasteiger partial charge is 0.477 e. The molecule has 0 unspecified atom stereocenters. The molecule has 0 atom stereocenters. The highest BCUT2D eigenvalue weighted by Gasteiger charge is 2.28. The average molecular weight is 491 g/mol. The summed E-state index contributed by atoms with van der Waals surface area (Å²) >= 11 is 5.00. The molecule has 0 radical (unpaired) electrons. The zero-order valence-corrected chi connectivity index (χ0v) is 19.6. The van der Waals surface area contributed by atoms with Crippen molar-refractivity contribution in [2.24, 2.45) is 0 Å². The van der Waals surface area contributed by atoms with E-state index < -0.39 is 17.2 Å². The molecule has 1 saturated heterocycles. The second-order valence-corrected chi connectivity index (χ2v) is 8.84. The number of hydrogen-bond donors (Lipinski definition) is 4. The van der Waals surface area contributed by atoms with E-state index in [1.54, 1.807) is 10.6 Å². The average Bonchev–Trinajstić information content (AvgIpc) is 3.64. The Bertz CT molecular complexity index is 1190. The second-order valence-electron chi connectivity index (χ2n) is 8.43. The number of pyridine rings is 1. The van der Waals surface area contributed by atoms with E-state index in [2.05, 4.69) is 16.2 Å². The highest BCUT2D eigenvalue weighted by atomic mass is 32.1. The van der Waals surface area contributed by atoms with Crippen LogP contribution in [-0.4, -0.2) is 70.8 Å². The summed E-state index contributed by atoms with van der Waals surface area (Å²) in [5.41, 5.74) is 5.06. The van der Waals surface area contributed by atoms with E-state index in [-0.39, 0.29) is 29.4 Å². The lowest BCUT2D eigenvalue weighted by Gasteiger charge is -2.36. The van der Waals surface area contributed by atoms with Crippen LogP contribution in [0.1, 0.15) is 36.2 Å². The number of nitrogens with zero attached hydrogens (tertiary/aromatic N) is 3. The van der Waals surface area contributed by atoms with Gasteiger partial charge in [0.05, 0.1) is 17.7 Å². The Labute approximate surface area is 200 Å². The van der Waals surface area contributed by atoms with Crippen molar-refractivity contribution in [3.63, 3.8) is 0 Å². The van der Waals surface area contributed by atoms with E-state index in [1.807, 2.05) is 16.7 Å². The van der Waals surface area contributed by atoms with Gasteiger partial charge in [-0.3, -0.25) is 25.3 Å². The fourth-order valence-corrected chi connectivity index (χ4v) is 4.32. The maximum atomic E-state index is 15.1. The van der Waals surface area contributed by atoms with E-state index in [9.17, 15) is 19.5 Å². The van der Waals surface area contributed by atoms with Gasteiger partial charge in [0.15, 0.2) is 5.11 Å². The first-order valence-corrected chi connectivity index (χ1v) is 11.6. The maximum Gasteiger partial charge on any atom is 0.341 e. The molecule has 2 heterocycles. The third kappa shape index (κ3) is 5.12. The van der Waals surface area contributed by atoms with Crippen molar-refractivity contribution >= 4 is 45.8 Å². The Morgan fingerprint density at radius 2 is 1.88 bits per heavy atom. The molecular formula is C22H27FN6O4S. The molecule has 4 N–H and O–H groups in total. The number of carboxylic acid groups (broad SMARTS) is 1. The number of carbonyl (C=O) groups excluding carboxylic acids is 1. The minimum atomic E-state index is -1.32. The third-order valence-electron chi connectivity index (χ3n) is 6.00. The number of hydrazine groups is 1. The van der Waals surface area contributed by atoms with Gasteiger partial charge in [-0.2, -0.15) is 0 Å². The number of hydrogen-bond acceptors (Lipinski definition) is 6. The fraction of sp³-hybridized carbons (Fsp3) is 0.455. The van der Waals surface area contributed by atoms with E-state index in [4.69, 9.17) is 12.2 Å². The Morgan fingerprint density at radius 3 is 2.50 bits per heavy atom. The summed E-state index contributed by atoms with van der Waals surface area (Å²) < 4.78 is 16.9. The molecule has 0 bridgehead atoms. The van der Waals surface area contributed by atoms with Gasteiger partial charge < -0.3 is 19.9 Å². The number of aromatic carboxylic acids is 1. The number of piperazine rings is 1. The molecule has 1 aliphatic heterocycles. The zero-order valence-electron chi connectivity index (χ0n) is 18.8. The predicted molar refractivity (Wildman–Crippen MR) is 130 cm³/mol. The van der Waals surface area contributed by atoms with Crippen molar-refractivity contribution in [1.29, 1.82) is 0 Å². The lowest BCUT2D eigenvalue weighted by Crippen LogP contribution is -2.53. The van der Waals surface area contributed by atoms with Crippen LogP contribution in [0.3, 0.4) is 0 Å². The van der Waals surface area contributed by atoms with Crippen molar-refractivity contribution in [3.8, 4) is 0 Å². The van der Waals surface area contributed by atoms with Crippen LogP contribution in [0.25, 0.3) is 10.9 Å². The number of rotatable bonds is 6. The van der Waals surface area contributed by atoms with Gasteiger partial charge in [-0.05, 0) is 44.1 Å². The highest BCUT2D eigenvalue weighted by molar-refractivity contribution is 7.80. The first kappa shape index (κ1) is 23.9. The van der Waals surface area contributed by atoms with Crippen LogP contribution < -0.4 is 26.5 Å². The molecule has 10 nitrogen and oxygen atoms in total.